The fraction of sp³-hybridized carbons (Fsp3) is 0.200. The molecule has 0 aliphatic carbocycles. The van der Waals surface area contributed by atoms with Crippen molar-refractivity contribution in [3.8, 4) is 11.1 Å². The van der Waals surface area contributed by atoms with E-state index in [9.17, 15) is 39.0 Å². The van der Waals surface area contributed by atoms with Gasteiger partial charge in [0.15, 0.2) is 0 Å². The Labute approximate surface area is 334 Å². The number of aliphatic hydroxyl groups excluding tert-OH is 1. The third-order valence-electron chi connectivity index (χ3n) is 9.71. The van der Waals surface area contributed by atoms with Crippen LogP contribution in [-0.2, 0) is 48.0 Å². The molecule has 2 aliphatic rings. The van der Waals surface area contributed by atoms with E-state index in [2.05, 4.69) is 26.6 Å². The zero-order chi connectivity index (χ0) is 41.0. The molecule has 0 aromatic heterocycles. The molecule has 0 spiro atoms. The highest BCUT2D eigenvalue weighted by molar-refractivity contribution is 5.98. The molecule has 2 aliphatic heterocycles. The molecule has 0 unspecified atom stereocenters. The summed E-state index contributed by atoms with van der Waals surface area (Å²) in [5.41, 5.74) is 4.39. The first kappa shape index (κ1) is 40.5. The third kappa shape index (κ3) is 11.0. The molecule has 58 heavy (non-hydrogen) atoms. The highest BCUT2D eigenvalue weighted by atomic mass is 16.4. The number of fused-ring (bicyclic) bond motifs is 18. The maximum absolute atomic E-state index is 14.4. The van der Waals surface area contributed by atoms with Gasteiger partial charge in [-0.15, -0.1) is 0 Å². The van der Waals surface area contributed by atoms with Gasteiger partial charge >= 0.3 is 5.97 Å². The lowest BCUT2D eigenvalue weighted by molar-refractivity contribution is -0.142. The quantitative estimate of drug-likeness (QED) is 0.122. The van der Waals surface area contributed by atoms with Crippen LogP contribution in [0.5, 0.6) is 0 Å². The van der Waals surface area contributed by atoms with E-state index in [0.717, 1.165) is 11.1 Å². The van der Waals surface area contributed by atoms with Crippen LogP contribution in [0.4, 0.5) is 5.69 Å². The van der Waals surface area contributed by atoms with Crippen LogP contribution in [0.1, 0.15) is 34.7 Å². The van der Waals surface area contributed by atoms with Gasteiger partial charge in [-0.3, -0.25) is 24.0 Å². The number of hydrogen-bond donors (Lipinski definition) is 7. The number of carboxylic acid groups (broad SMARTS) is 1. The molecule has 0 saturated heterocycles. The molecule has 2 bridgehead atoms. The minimum absolute atomic E-state index is 0.00336. The van der Waals surface area contributed by atoms with Crippen molar-refractivity contribution in [3.63, 3.8) is 0 Å². The summed E-state index contributed by atoms with van der Waals surface area (Å²) in [5, 5.41) is 34.1. The number of carbonyl (C=O) groups is 6. The summed E-state index contributed by atoms with van der Waals surface area (Å²) in [5.74, 6) is -5.30. The first-order valence-corrected chi connectivity index (χ1v) is 18.8. The Hall–Kier alpha value is -7.12. The maximum Gasteiger partial charge on any atom is 0.326 e. The molecule has 0 fully saturated rings. The molecule has 296 valence electrons. The Morgan fingerprint density at radius 3 is 1.66 bits per heavy atom. The molecule has 5 amide bonds. The first-order valence-electron chi connectivity index (χ1n) is 18.8. The van der Waals surface area contributed by atoms with Gasteiger partial charge in [-0.2, -0.15) is 0 Å². The van der Waals surface area contributed by atoms with Crippen LogP contribution < -0.4 is 26.6 Å². The van der Waals surface area contributed by atoms with E-state index in [4.69, 9.17) is 0 Å². The van der Waals surface area contributed by atoms with Crippen molar-refractivity contribution in [1.29, 1.82) is 0 Å². The average molecular weight is 782 g/mol. The van der Waals surface area contributed by atoms with Gasteiger partial charge in [0.2, 0.25) is 23.6 Å². The normalized spacial score (nSPS) is 21.0. The number of anilines is 1. The first-order chi connectivity index (χ1) is 28.0. The van der Waals surface area contributed by atoms with E-state index in [1.807, 2.05) is 54.6 Å². The molecule has 7 N–H and O–H groups in total. The monoisotopic (exact) mass is 781 g/mol. The summed E-state index contributed by atoms with van der Waals surface area (Å²) >= 11 is 0. The molecule has 7 rings (SSSR count). The second-order valence-corrected chi connectivity index (χ2v) is 14.0. The summed E-state index contributed by atoms with van der Waals surface area (Å²) in [7, 11) is 0. The van der Waals surface area contributed by atoms with Gasteiger partial charge in [0, 0.05) is 24.9 Å². The summed E-state index contributed by atoms with van der Waals surface area (Å²) in [6.07, 6.45) is -2.65. The second-order valence-electron chi connectivity index (χ2n) is 14.0. The van der Waals surface area contributed by atoms with Crippen LogP contribution >= 0.6 is 0 Å². The van der Waals surface area contributed by atoms with Gasteiger partial charge in [0.25, 0.3) is 5.91 Å². The average Bonchev–Trinajstić information content (AvgIpc) is 3.23. The SMILES string of the molecule is O=C1C[C@@H](O)C(=O)Nc2ccc(cc2)C[C@@H](C(=O)O)NC(=O)[C@@H](Cc2ccccc2)NC(=O)[C@H](Cc2ccc(-c3ccccc3)cc2)NC(=O)[C@@H](c2ccccc2)N1. The molecule has 13 heteroatoms. The van der Waals surface area contributed by atoms with Crippen molar-refractivity contribution >= 4 is 41.2 Å². The maximum atomic E-state index is 14.4. The molecule has 5 atom stereocenters. The van der Waals surface area contributed by atoms with Crippen LogP contribution in [0.3, 0.4) is 0 Å². The van der Waals surface area contributed by atoms with Gasteiger partial charge in [0.1, 0.15) is 30.3 Å². The Morgan fingerprint density at radius 1 is 0.534 bits per heavy atom. The van der Waals surface area contributed by atoms with Crippen LogP contribution in [0.2, 0.25) is 0 Å². The summed E-state index contributed by atoms with van der Waals surface area (Å²) in [4.78, 5) is 81.3. The van der Waals surface area contributed by atoms with E-state index in [1.165, 1.54) is 12.1 Å². The molecule has 13 nitrogen and oxygen atoms in total. The number of hydrogen-bond acceptors (Lipinski definition) is 7. The van der Waals surface area contributed by atoms with Gasteiger partial charge in [-0.25, -0.2) is 4.79 Å². The zero-order valence-corrected chi connectivity index (χ0v) is 31.3. The Kier molecular flexibility index (Phi) is 13.4. The zero-order valence-electron chi connectivity index (χ0n) is 31.3. The fourth-order valence-electron chi connectivity index (χ4n) is 6.59. The smallest absolute Gasteiger partial charge is 0.326 e. The van der Waals surface area contributed by atoms with Crippen molar-refractivity contribution in [3.05, 3.63) is 162 Å². The number of nitrogens with one attached hydrogen (secondary N) is 5. The molecule has 5 aromatic carbocycles. The summed E-state index contributed by atoms with van der Waals surface area (Å²) < 4.78 is 0. The predicted octanol–water partition coefficient (Wildman–Crippen LogP) is 3.48. The van der Waals surface area contributed by atoms with Crippen molar-refractivity contribution < 1.29 is 39.0 Å². The number of benzene rings is 5. The lowest BCUT2D eigenvalue weighted by atomic mass is 9.98. The van der Waals surface area contributed by atoms with Crippen LogP contribution in [0, 0.1) is 0 Å². The summed E-state index contributed by atoms with van der Waals surface area (Å²) in [6, 6.07) is 35.0. The largest absolute Gasteiger partial charge is 0.480 e. The van der Waals surface area contributed by atoms with Crippen molar-refractivity contribution in [1.82, 2.24) is 21.3 Å². The summed E-state index contributed by atoms with van der Waals surface area (Å²) in [6.45, 7) is 0. The fourth-order valence-corrected chi connectivity index (χ4v) is 6.59. The van der Waals surface area contributed by atoms with E-state index in [0.29, 0.717) is 22.3 Å². The minimum Gasteiger partial charge on any atom is -0.480 e. The lowest BCUT2D eigenvalue weighted by Gasteiger charge is -2.26. The highest BCUT2D eigenvalue weighted by Crippen LogP contribution is 2.21. The second kappa shape index (κ2) is 19.2. The number of carboxylic acids is 1. The third-order valence-corrected chi connectivity index (χ3v) is 9.71. The van der Waals surface area contributed by atoms with Crippen LogP contribution in [0.25, 0.3) is 11.1 Å². The standard InChI is InChI=1S/C45H43N5O8/c51-38-27-39(52)50-40(33-14-8-3-9-15-33)44(56)48-36(25-29-16-20-32(21-17-29)31-12-6-2-7-13-31)41(53)47-35(24-28-10-4-1-5-11-28)42(54)49-37(45(57)58)26-30-18-22-34(23-19-30)46-43(38)55/h1-23,35-38,40,51H,24-27H2,(H,46,55)(H,47,53)(H,48,56)(H,49,54)(H,50,52)(H,57,58)/t35-,36+,37+,38-,40-/m1/s1. The van der Waals surface area contributed by atoms with Crippen molar-refractivity contribution in [2.75, 3.05) is 5.32 Å². The lowest BCUT2D eigenvalue weighted by Crippen LogP contribution is -2.58. The van der Waals surface area contributed by atoms with E-state index >= 15 is 0 Å². The van der Waals surface area contributed by atoms with Gasteiger partial charge in [-0.05, 0) is 45.5 Å². The number of amides is 5. The van der Waals surface area contributed by atoms with Crippen LogP contribution in [0.15, 0.2) is 140 Å². The highest BCUT2D eigenvalue weighted by Gasteiger charge is 2.33. The Balaban J connectivity index is 1.37. The van der Waals surface area contributed by atoms with Crippen LogP contribution in [-0.4, -0.2) is 69.9 Å². The molecule has 0 saturated carbocycles. The number of rotatable bonds is 7. The molecule has 2 heterocycles. The molecular formula is C45H43N5O8. The van der Waals surface area contributed by atoms with Crippen molar-refractivity contribution in [2.45, 2.75) is 56.0 Å². The van der Waals surface area contributed by atoms with E-state index < -0.39 is 72.2 Å². The molecule has 0 radical (unpaired) electrons. The molecular weight excluding hydrogens is 739 g/mol. The number of aliphatic carboxylic acids is 1. The minimum atomic E-state index is -1.79. The van der Waals surface area contributed by atoms with E-state index in [1.54, 1.807) is 72.8 Å². The van der Waals surface area contributed by atoms with Crippen molar-refractivity contribution in [2.24, 2.45) is 0 Å². The predicted molar refractivity (Wildman–Crippen MR) is 216 cm³/mol. The van der Waals surface area contributed by atoms with Gasteiger partial charge in [0.05, 0.1) is 6.42 Å². The number of aliphatic hydroxyl groups is 1. The topological polar surface area (TPSA) is 203 Å². The Morgan fingerprint density at radius 2 is 1.05 bits per heavy atom. The van der Waals surface area contributed by atoms with Gasteiger partial charge in [-0.1, -0.05) is 127 Å². The number of carbonyl (C=O) groups excluding carboxylic acids is 5. The Bertz CT molecular complexity index is 2220. The van der Waals surface area contributed by atoms with E-state index in [-0.39, 0.29) is 24.9 Å². The van der Waals surface area contributed by atoms with Gasteiger partial charge < -0.3 is 36.8 Å². The molecule has 5 aromatic rings.